The lowest BCUT2D eigenvalue weighted by Gasteiger charge is -2.33. The Morgan fingerprint density at radius 1 is 1.13 bits per heavy atom. The summed E-state index contributed by atoms with van der Waals surface area (Å²) in [5, 5.41) is 10.3. The number of carbonyl (C=O) groups is 1. The Labute approximate surface area is 182 Å². The van der Waals surface area contributed by atoms with Gasteiger partial charge in [-0.1, -0.05) is 29.8 Å². The van der Waals surface area contributed by atoms with E-state index < -0.39 is 24.2 Å². The first-order valence-corrected chi connectivity index (χ1v) is 10.1. The lowest BCUT2D eigenvalue weighted by molar-refractivity contribution is -0.173. The highest BCUT2D eigenvalue weighted by Gasteiger charge is 2.46. The van der Waals surface area contributed by atoms with Crippen molar-refractivity contribution < 1.29 is 18.0 Å². The van der Waals surface area contributed by atoms with Crippen molar-refractivity contribution in [1.82, 2.24) is 9.78 Å². The van der Waals surface area contributed by atoms with Gasteiger partial charge >= 0.3 is 6.18 Å². The summed E-state index contributed by atoms with van der Waals surface area (Å²) in [4.78, 5) is 12.7. The lowest BCUT2D eigenvalue weighted by atomic mass is 9.97. The minimum Gasteiger partial charge on any atom is -0.363 e. The number of nitrogens with one attached hydrogen (secondary N) is 2. The smallest absolute Gasteiger partial charge is 0.363 e. The van der Waals surface area contributed by atoms with Gasteiger partial charge in [0.1, 0.15) is 5.82 Å². The maximum Gasteiger partial charge on any atom is 0.410 e. The molecule has 2 atom stereocenters. The molecule has 9 heteroatoms. The molecule has 3 aromatic rings. The summed E-state index contributed by atoms with van der Waals surface area (Å²) in [5.74, 6) is -0.434. The fraction of sp³-hybridized carbons (Fsp3) is 0.273. The van der Waals surface area contributed by atoms with Crippen LogP contribution in [0, 0.1) is 13.8 Å². The van der Waals surface area contributed by atoms with E-state index in [4.69, 9.17) is 11.6 Å². The molecule has 2 heterocycles. The minimum absolute atomic E-state index is 0.0901. The van der Waals surface area contributed by atoms with Gasteiger partial charge in [0.2, 0.25) is 0 Å². The van der Waals surface area contributed by atoms with Crippen molar-refractivity contribution in [3.8, 4) is 0 Å². The topological polar surface area (TPSA) is 59.0 Å². The van der Waals surface area contributed by atoms with Crippen molar-refractivity contribution in [2.75, 3.05) is 10.6 Å². The predicted molar refractivity (Wildman–Crippen MR) is 114 cm³/mol. The summed E-state index contributed by atoms with van der Waals surface area (Å²) in [6.45, 7) is 3.79. The van der Waals surface area contributed by atoms with Crippen molar-refractivity contribution in [3.63, 3.8) is 0 Å². The molecule has 1 amide bonds. The molecule has 0 spiro atoms. The lowest BCUT2D eigenvalue weighted by Crippen LogP contribution is -2.35. The second kappa shape index (κ2) is 7.92. The maximum absolute atomic E-state index is 13.8. The number of nitrogens with zero attached hydrogens (tertiary/aromatic N) is 2. The Morgan fingerprint density at radius 2 is 1.77 bits per heavy atom. The Bertz CT molecular complexity index is 1100. The normalized spacial score (nSPS) is 18.3. The van der Waals surface area contributed by atoms with Crippen molar-refractivity contribution in [3.05, 3.63) is 75.9 Å². The Kier molecular flexibility index (Phi) is 5.43. The molecule has 5 nitrogen and oxygen atoms in total. The van der Waals surface area contributed by atoms with E-state index in [9.17, 15) is 18.0 Å². The van der Waals surface area contributed by atoms with Crippen LogP contribution in [0.1, 0.15) is 45.7 Å². The van der Waals surface area contributed by atoms with Crippen LogP contribution in [0.5, 0.6) is 0 Å². The van der Waals surface area contributed by atoms with Gasteiger partial charge in [-0.2, -0.15) is 18.3 Å². The maximum atomic E-state index is 13.8. The average molecular weight is 449 g/mol. The molecule has 0 bridgehead atoms. The summed E-state index contributed by atoms with van der Waals surface area (Å²) in [6.07, 6.45) is -4.77. The molecule has 1 aliphatic rings. The van der Waals surface area contributed by atoms with E-state index >= 15 is 0 Å². The van der Waals surface area contributed by atoms with Crippen LogP contribution < -0.4 is 10.6 Å². The summed E-state index contributed by atoms with van der Waals surface area (Å²) >= 11 is 5.90. The third kappa shape index (κ3) is 4.54. The number of rotatable bonds is 3. The van der Waals surface area contributed by atoms with Gasteiger partial charge in [0.15, 0.2) is 11.7 Å². The van der Waals surface area contributed by atoms with Crippen LogP contribution in [0.4, 0.5) is 24.7 Å². The molecule has 2 N–H and O–H groups in total. The van der Waals surface area contributed by atoms with Crippen LogP contribution in [0.25, 0.3) is 0 Å². The fourth-order valence-corrected chi connectivity index (χ4v) is 3.97. The summed E-state index contributed by atoms with van der Waals surface area (Å²) < 4.78 is 42.3. The number of hydrogen-bond acceptors (Lipinski definition) is 3. The third-order valence-electron chi connectivity index (χ3n) is 5.17. The molecule has 0 saturated heterocycles. The molecular weight excluding hydrogens is 429 g/mol. The first-order valence-electron chi connectivity index (χ1n) is 9.68. The molecule has 0 saturated carbocycles. The van der Waals surface area contributed by atoms with Crippen molar-refractivity contribution in [2.45, 2.75) is 38.5 Å². The largest absolute Gasteiger partial charge is 0.410 e. The van der Waals surface area contributed by atoms with Gasteiger partial charge < -0.3 is 10.6 Å². The van der Waals surface area contributed by atoms with Gasteiger partial charge in [0.25, 0.3) is 5.91 Å². The minimum atomic E-state index is -4.52. The number of carbonyl (C=O) groups excluding carboxylic acids is 1. The molecular formula is C22H20ClF3N4O. The first kappa shape index (κ1) is 21.2. The average Bonchev–Trinajstić information content (AvgIpc) is 3.10. The van der Waals surface area contributed by atoms with Crippen molar-refractivity contribution in [2.24, 2.45) is 0 Å². The summed E-state index contributed by atoms with van der Waals surface area (Å²) in [7, 11) is 0. The van der Waals surface area contributed by atoms with Gasteiger partial charge in [0.05, 0.1) is 6.04 Å². The SMILES string of the molecule is Cc1cc(C)cc(NC(=O)c2cc3n(n2)[C@@H](C(F)(F)F)C[C@@H](c2ccc(Cl)cc2)N3)c1. The van der Waals surface area contributed by atoms with E-state index in [0.717, 1.165) is 15.8 Å². The fourth-order valence-electron chi connectivity index (χ4n) is 3.84. The van der Waals surface area contributed by atoms with Crippen molar-refractivity contribution >= 4 is 29.0 Å². The van der Waals surface area contributed by atoms with Gasteiger partial charge in [-0.15, -0.1) is 0 Å². The molecule has 0 radical (unpaired) electrons. The number of benzene rings is 2. The molecule has 1 aromatic heterocycles. The van der Waals surface area contributed by atoms with E-state index in [-0.39, 0.29) is 17.9 Å². The molecule has 2 aromatic carbocycles. The molecule has 31 heavy (non-hydrogen) atoms. The second-order valence-corrected chi connectivity index (χ2v) is 8.17. The van der Waals surface area contributed by atoms with Crippen LogP contribution in [-0.4, -0.2) is 21.9 Å². The molecule has 1 aliphatic heterocycles. The number of alkyl halides is 3. The molecule has 0 fully saturated rings. The van der Waals surface area contributed by atoms with Crippen molar-refractivity contribution in [1.29, 1.82) is 0 Å². The standard InChI is InChI=1S/C22H20ClF3N4O/c1-12-7-13(2)9-16(8-12)27-21(31)18-11-20-28-17(14-3-5-15(23)6-4-14)10-19(22(24,25)26)30(20)29-18/h3-9,11,17,19,28H,10H2,1-2H3,(H,27,31)/t17-,19+/m0/s1. The van der Waals surface area contributed by atoms with E-state index in [2.05, 4.69) is 15.7 Å². The first-order chi connectivity index (χ1) is 14.6. The molecule has 4 rings (SSSR count). The summed E-state index contributed by atoms with van der Waals surface area (Å²) in [6, 6.07) is 11.1. The zero-order chi connectivity index (χ0) is 22.3. The van der Waals surface area contributed by atoms with Gasteiger partial charge in [0, 0.05) is 23.2 Å². The van der Waals surface area contributed by atoms with Crippen LogP contribution in [0.3, 0.4) is 0 Å². The van der Waals surface area contributed by atoms with E-state index in [1.165, 1.54) is 6.07 Å². The van der Waals surface area contributed by atoms with E-state index in [1.807, 2.05) is 19.9 Å². The molecule has 162 valence electrons. The van der Waals surface area contributed by atoms with Crippen LogP contribution >= 0.6 is 11.6 Å². The van der Waals surface area contributed by atoms with Crippen LogP contribution in [-0.2, 0) is 0 Å². The third-order valence-corrected chi connectivity index (χ3v) is 5.43. The zero-order valence-corrected chi connectivity index (χ0v) is 17.6. The monoisotopic (exact) mass is 448 g/mol. The van der Waals surface area contributed by atoms with E-state index in [1.54, 1.807) is 36.4 Å². The number of halogens is 4. The number of fused-ring (bicyclic) bond motifs is 1. The number of anilines is 2. The number of aryl methyl sites for hydroxylation is 2. The van der Waals surface area contributed by atoms with Gasteiger partial charge in [-0.3, -0.25) is 4.79 Å². The number of hydrogen-bond donors (Lipinski definition) is 2. The second-order valence-electron chi connectivity index (χ2n) is 7.73. The Hall–Kier alpha value is -3.00. The quantitative estimate of drug-likeness (QED) is 0.511. The van der Waals surface area contributed by atoms with Crippen LogP contribution in [0.15, 0.2) is 48.5 Å². The van der Waals surface area contributed by atoms with E-state index in [0.29, 0.717) is 16.3 Å². The highest BCUT2D eigenvalue weighted by atomic mass is 35.5. The summed E-state index contributed by atoms with van der Waals surface area (Å²) in [5.41, 5.74) is 3.07. The van der Waals surface area contributed by atoms with Crippen LogP contribution in [0.2, 0.25) is 5.02 Å². The Morgan fingerprint density at radius 3 is 2.39 bits per heavy atom. The molecule has 0 unspecified atom stereocenters. The predicted octanol–water partition coefficient (Wildman–Crippen LogP) is 6.07. The molecule has 0 aliphatic carbocycles. The van der Waals surface area contributed by atoms with Gasteiger partial charge in [-0.25, -0.2) is 4.68 Å². The zero-order valence-electron chi connectivity index (χ0n) is 16.8. The highest BCUT2D eigenvalue weighted by Crippen LogP contribution is 2.43. The number of aromatic nitrogens is 2. The number of amides is 1. The Balaban J connectivity index is 1.64. The highest BCUT2D eigenvalue weighted by molar-refractivity contribution is 6.30. The van der Waals surface area contributed by atoms with Gasteiger partial charge in [-0.05, 0) is 54.8 Å².